The summed E-state index contributed by atoms with van der Waals surface area (Å²) in [6, 6.07) is 23.8. The van der Waals surface area contributed by atoms with Gasteiger partial charge in [-0.3, -0.25) is 9.59 Å². The Morgan fingerprint density at radius 2 is 1.45 bits per heavy atom. The van der Waals surface area contributed by atoms with Crippen LogP contribution in [0.15, 0.2) is 94.4 Å². The molecule has 33 heavy (non-hydrogen) atoms. The highest BCUT2D eigenvalue weighted by atomic mass is 32.2. The van der Waals surface area contributed by atoms with Crippen molar-refractivity contribution in [3.8, 4) is 11.5 Å². The van der Waals surface area contributed by atoms with E-state index in [2.05, 4.69) is 5.32 Å². The first kappa shape index (κ1) is 22.5. The second-order valence-electron chi connectivity index (χ2n) is 7.05. The van der Waals surface area contributed by atoms with E-state index in [0.717, 1.165) is 4.90 Å². The fourth-order valence-electron chi connectivity index (χ4n) is 3.40. The van der Waals surface area contributed by atoms with Crippen molar-refractivity contribution in [3.05, 3.63) is 89.5 Å². The molecule has 1 heterocycles. The van der Waals surface area contributed by atoms with Crippen molar-refractivity contribution in [2.45, 2.75) is 18.7 Å². The van der Waals surface area contributed by atoms with Gasteiger partial charge in [-0.2, -0.15) is 0 Å². The summed E-state index contributed by atoms with van der Waals surface area (Å²) in [5.74, 6) is 0.482. The molecule has 0 aliphatic carbocycles. The maximum absolute atomic E-state index is 13.5. The fourth-order valence-corrected chi connectivity index (χ4v) is 4.35. The van der Waals surface area contributed by atoms with Gasteiger partial charge in [0.2, 0.25) is 0 Å². The minimum Gasteiger partial charge on any atom is -0.494 e. The molecule has 0 bridgehead atoms. The summed E-state index contributed by atoms with van der Waals surface area (Å²) in [5.41, 5.74) is 1.32. The molecule has 0 aromatic heterocycles. The lowest BCUT2D eigenvalue weighted by Gasteiger charge is -2.16. The molecule has 3 aromatic carbocycles. The molecule has 0 saturated carbocycles. The van der Waals surface area contributed by atoms with Crippen molar-refractivity contribution in [3.63, 3.8) is 0 Å². The molecule has 4 rings (SSSR count). The van der Waals surface area contributed by atoms with Gasteiger partial charge in [-0.1, -0.05) is 42.1 Å². The van der Waals surface area contributed by atoms with Gasteiger partial charge in [0.25, 0.3) is 11.8 Å². The van der Waals surface area contributed by atoms with Crippen molar-refractivity contribution in [2.24, 2.45) is 0 Å². The second kappa shape index (κ2) is 10.3. The Labute approximate surface area is 197 Å². The van der Waals surface area contributed by atoms with Crippen LogP contribution in [0.25, 0.3) is 0 Å². The number of anilines is 2. The van der Waals surface area contributed by atoms with Crippen molar-refractivity contribution in [1.29, 1.82) is 0 Å². The Bertz CT molecular complexity index is 1180. The highest BCUT2D eigenvalue weighted by Crippen LogP contribution is 2.39. The lowest BCUT2D eigenvalue weighted by molar-refractivity contribution is -0.120. The van der Waals surface area contributed by atoms with Gasteiger partial charge in [0.1, 0.15) is 22.1 Å². The molecule has 1 aliphatic rings. The first-order valence-corrected chi connectivity index (χ1v) is 11.5. The quantitative estimate of drug-likeness (QED) is 0.427. The van der Waals surface area contributed by atoms with E-state index in [1.807, 2.05) is 68.4 Å². The van der Waals surface area contributed by atoms with Crippen LogP contribution in [0, 0.1) is 0 Å². The van der Waals surface area contributed by atoms with E-state index in [0.29, 0.717) is 41.0 Å². The van der Waals surface area contributed by atoms with Crippen molar-refractivity contribution < 1.29 is 19.1 Å². The molecular weight excluding hydrogens is 436 g/mol. The zero-order chi connectivity index (χ0) is 23.2. The first-order chi connectivity index (χ1) is 16.1. The van der Waals surface area contributed by atoms with Gasteiger partial charge in [-0.15, -0.1) is 0 Å². The number of thioether (sulfide) groups is 1. The zero-order valence-corrected chi connectivity index (χ0v) is 19.2. The molecule has 1 aliphatic heterocycles. The number of hydrogen-bond donors (Lipinski definition) is 1. The molecule has 0 fully saturated rings. The number of rotatable bonds is 9. The predicted molar refractivity (Wildman–Crippen MR) is 131 cm³/mol. The normalized spacial score (nSPS) is 13.5. The van der Waals surface area contributed by atoms with E-state index in [9.17, 15) is 9.59 Å². The Kier molecular flexibility index (Phi) is 7.00. The van der Waals surface area contributed by atoms with Gasteiger partial charge >= 0.3 is 0 Å². The lowest BCUT2D eigenvalue weighted by Crippen LogP contribution is -2.32. The maximum atomic E-state index is 13.5. The van der Waals surface area contributed by atoms with Crippen LogP contribution < -0.4 is 19.7 Å². The third kappa shape index (κ3) is 4.88. The number of carbonyl (C=O) groups excluding carboxylic acids is 2. The number of carbonyl (C=O) groups is 2. The highest BCUT2D eigenvalue weighted by Gasteiger charge is 2.40. The van der Waals surface area contributed by atoms with Crippen molar-refractivity contribution in [1.82, 2.24) is 0 Å². The third-order valence-electron chi connectivity index (χ3n) is 4.86. The van der Waals surface area contributed by atoms with Crippen LogP contribution in [0.2, 0.25) is 0 Å². The molecule has 3 aromatic rings. The number of hydrogen-bond acceptors (Lipinski definition) is 6. The van der Waals surface area contributed by atoms with Gasteiger partial charge < -0.3 is 14.8 Å². The number of ether oxygens (including phenoxy) is 2. The third-order valence-corrected chi connectivity index (χ3v) is 5.95. The van der Waals surface area contributed by atoms with Crippen LogP contribution in [-0.4, -0.2) is 25.0 Å². The number of imide groups is 1. The zero-order valence-electron chi connectivity index (χ0n) is 18.4. The molecule has 2 amide bonds. The van der Waals surface area contributed by atoms with Gasteiger partial charge in [0.05, 0.1) is 24.6 Å². The number of benzene rings is 3. The topological polar surface area (TPSA) is 67.9 Å². The molecule has 6 nitrogen and oxygen atoms in total. The Morgan fingerprint density at radius 1 is 0.788 bits per heavy atom. The van der Waals surface area contributed by atoms with Crippen LogP contribution in [-0.2, 0) is 9.59 Å². The van der Waals surface area contributed by atoms with Crippen molar-refractivity contribution >= 4 is 35.0 Å². The van der Waals surface area contributed by atoms with E-state index in [1.54, 1.807) is 24.3 Å². The summed E-state index contributed by atoms with van der Waals surface area (Å²) >= 11 is 1.26. The molecule has 1 N–H and O–H groups in total. The molecule has 0 spiro atoms. The number of nitrogens with zero attached hydrogens (tertiary/aromatic N) is 1. The Morgan fingerprint density at radius 3 is 2.15 bits per heavy atom. The number of nitrogens with one attached hydrogen (secondary N) is 1. The minimum atomic E-state index is -0.422. The second-order valence-corrected chi connectivity index (χ2v) is 8.13. The van der Waals surface area contributed by atoms with E-state index >= 15 is 0 Å². The molecular formula is C26H24N2O4S. The van der Waals surface area contributed by atoms with E-state index in [-0.39, 0.29) is 11.6 Å². The summed E-state index contributed by atoms with van der Waals surface area (Å²) in [6.07, 6.45) is 0. The molecule has 0 unspecified atom stereocenters. The highest BCUT2D eigenvalue weighted by molar-refractivity contribution is 8.04. The average Bonchev–Trinajstić information content (AvgIpc) is 3.06. The summed E-state index contributed by atoms with van der Waals surface area (Å²) in [5, 5.41) is 3.17. The Balaban J connectivity index is 1.72. The average molecular weight is 461 g/mol. The van der Waals surface area contributed by atoms with E-state index in [4.69, 9.17) is 9.47 Å². The molecule has 0 saturated heterocycles. The van der Waals surface area contributed by atoms with E-state index in [1.165, 1.54) is 16.7 Å². The number of para-hydroxylation sites is 2. The maximum Gasteiger partial charge on any atom is 0.283 e. The first-order valence-electron chi connectivity index (χ1n) is 10.7. The van der Waals surface area contributed by atoms with Crippen molar-refractivity contribution in [2.75, 3.05) is 23.4 Å². The molecule has 7 heteroatoms. The van der Waals surface area contributed by atoms with Gasteiger partial charge in [-0.25, -0.2) is 4.90 Å². The monoisotopic (exact) mass is 460 g/mol. The number of amides is 2. The van der Waals surface area contributed by atoms with Crippen LogP contribution in [0.4, 0.5) is 11.4 Å². The molecule has 0 atom stereocenters. The summed E-state index contributed by atoms with van der Waals surface area (Å²) in [6.45, 7) is 4.81. The summed E-state index contributed by atoms with van der Waals surface area (Å²) in [4.78, 5) is 29.3. The van der Waals surface area contributed by atoms with Gasteiger partial charge in [0, 0.05) is 4.90 Å². The predicted octanol–water partition coefficient (Wildman–Crippen LogP) is 5.47. The largest absolute Gasteiger partial charge is 0.494 e. The minimum absolute atomic E-state index is 0.217. The van der Waals surface area contributed by atoms with Crippen LogP contribution in [0.1, 0.15) is 13.8 Å². The summed E-state index contributed by atoms with van der Waals surface area (Å²) in [7, 11) is 0. The van der Waals surface area contributed by atoms with Crippen LogP contribution >= 0.6 is 11.8 Å². The van der Waals surface area contributed by atoms with Gasteiger partial charge in [0.15, 0.2) is 0 Å². The summed E-state index contributed by atoms with van der Waals surface area (Å²) < 4.78 is 11.2. The van der Waals surface area contributed by atoms with Gasteiger partial charge in [-0.05, 0) is 62.4 Å². The van der Waals surface area contributed by atoms with Crippen LogP contribution in [0.3, 0.4) is 0 Å². The molecule has 0 radical (unpaired) electrons. The molecule has 168 valence electrons. The standard InChI is InChI=1S/C26H24N2O4S/c1-3-31-19-16-14-18(15-17-19)28-25(29)23(27-21-12-8-9-13-22(21)32-4-2)24(26(28)30)33-20-10-6-5-7-11-20/h5-17,27H,3-4H2,1-2H3. The van der Waals surface area contributed by atoms with Crippen LogP contribution in [0.5, 0.6) is 11.5 Å². The Hall–Kier alpha value is -3.71. The fraction of sp³-hybridized carbons (Fsp3) is 0.154. The lowest BCUT2D eigenvalue weighted by atomic mass is 10.2. The van der Waals surface area contributed by atoms with E-state index < -0.39 is 5.91 Å². The SMILES string of the molecule is CCOc1ccc(N2C(=O)C(Nc3ccccc3OCC)=C(Sc3ccccc3)C2=O)cc1. The smallest absolute Gasteiger partial charge is 0.283 e.